The third kappa shape index (κ3) is 3.89. The first-order chi connectivity index (χ1) is 12.6. The van der Waals surface area contributed by atoms with E-state index in [0.29, 0.717) is 41.2 Å². The average Bonchev–Trinajstić information content (AvgIpc) is 2.95. The van der Waals surface area contributed by atoms with Gasteiger partial charge in [-0.05, 0) is 61.7 Å². The van der Waals surface area contributed by atoms with E-state index in [1.165, 1.54) is 17.5 Å². The lowest BCUT2D eigenvalue weighted by Gasteiger charge is -2.18. The number of sulfonamides is 2. The Balaban J connectivity index is 1.93. The molecule has 2 aromatic rings. The van der Waals surface area contributed by atoms with E-state index in [2.05, 4.69) is 4.72 Å². The Kier molecular flexibility index (Phi) is 5.09. The van der Waals surface area contributed by atoms with Gasteiger partial charge in [0.15, 0.2) is 0 Å². The highest BCUT2D eigenvalue weighted by atomic mass is 32.2. The van der Waals surface area contributed by atoms with Crippen LogP contribution in [0.15, 0.2) is 41.3 Å². The number of ether oxygens (including phenoxy) is 1. The molecule has 1 aliphatic heterocycles. The SMILES string of the molecule is COc1cc(C)c(S(=O)(=O)Nc2cccc(N3CCCS3(=O)=O)c2)cc1C. The Hall–Kier alpha value is -2.26. The second kappa shape index (κ2) is 7.05. The van der Waals surface area contributed by atoms with Gasteiger partial charge in [0, 0.05) is 6.54 Å². The van der Waals surface area contributed by atoms with Crippen LogP contribution in [0.1, 0.15) is 17.5 Å². The summed E-state index contributed by atoms with van der Waals surface area (Å²) in [6, 6.07) is 9.65. The zero-order valence-electron chi connectivity index (χ0n) is 15.4. The highest BCUT2D eigenvalue weighted by Crippen LogP contribution is 2.29. The second-order valence-corrected chi connectivity index (χ2v) is 10.1. The van der Waals surface area contributed by atoms with Crippen molar-refractivity contribution >= 4 is 31.4 Å². The van der Waals surface area contributed by atoms with Crippen molar-refractivity contribution < 1.29 is 21.6 Å². The lowest BCUT2D eigenvalue weighted by atomic mass is 10.1. The van der Waals surface area contributed by atoms with Crippen molar-refractivity contribution in [1.82, 2.24) is 0 Å². The molecule has 0 bridgehead atoms. The summed E-state index contributed by atoms with van der Waals surface area (Å²) in [4.78, 5) is 0.153. The molecule has 146 valence electrons. The minimum absolute atomic E-state index is 0.104. The maximum atomic E-state index is 12.9. The standard InChI is InChI=1S/C18H22N2O5S2/c1-13-11-18(14(2)10-17(13)25-3)27(23,24)19-15-6-4-7-16(12-15)20-8-5-9-26(20,21)22/h4,6-7,10-12,19H,5,8-9H2,1-3H3. The van der Waals surface area contributed by atoms with E-state index in [-0.39, 0.29) is 10.6 Å². The van der Waals surface area contributed by atoms with Gasteiger partial charge in [0.05, 0.1) is 29.1 Å². The first-order valence-corrected chi connectivity index (χ1v) is 11.5. The van der Waals surface area contributed by atoms with Crippen LogP contribution in [0.4, 0.5) is 11.4 Å². The van der Waals surface area contributed by atoms with E-state index in [1.807, 2.05) is 0 Å². The summed E-state index contributed by atoms with van der Waals surface area (Å²) >= 11 is 0. The largest absolute Gasteiger partial charge is 0.496 e. The van der Waals surface area contributed by atoms with Crippen molar-refractivity contribution in [3.8, 4) is 5.75 Å². The van der Waals surface area contributed by atoms with Crippen LogP contribution in [-0.4, -0.2) is 36.2 Å². The maximum Gasteiger partial charge on any atom is 0.262 e. The van der Waals surface area contributed by atoms with Crippen LogP contribution in [0.2, 0.25) is 0 Å². The number of anilines is 2. The molecule has 0 aliphatic carbocycles. The first kappa shape index (κ1) is 19.5. The molecule has 0 atom stereocenters. The third-order valence-corrected chi connectivity index (χ3v) is 7.86. The fourth-order valence-corrected chi connectivity index (χ4v) is 6.06. The summed E-state index contributed by atoms with van der Waals surface area (Å²) in [6.07, 6.45) is 0.558. The fraction of sp³-hybridized carbons (Fsp3) is 0.333. The number of methoxy groups -OCH3 is 1. The Bertz CT molecular complexity index is 1080. The summed E-state index contributed by atoms with van der Waals surface area (Å²) in [5.41, 5.74) is 2.03. The predicted molar refractivity (Wildman–Crippen MR) is 105 cm³/mol. The number of aryl methyl sites for hydroxylation is 2. The zero-order valence-corrected chi connectivity index (χ0v) is 17.0. The monoisotopic (exact) mass is 410 g/mol. The smallest absolute Gasteiger partial charge is 0.262 e. The summed E-state index contributed by atoms with van der Waals surface area (Å²) < 4.78 is 59.0. The van der Waals surface area contributed by atoms with Crippen molar-refractivity contribution in [2.75, 3.05) is 28.4 Å². The molecule has 3 rings (SSSR count). The highest BCUT2D eigenvalue weighted by molar-refractivity contribution is 7.93. The minimum atomic E-state index is -3.83. The maximum absolute atomic E-state index is 12.9. The number of hydrogen-bond donors (Lipinski definition) is 1. The van der Waals surface area contributed by atoms with Crippen molar-refractivity contribution in [2.24, 2.45) is 0 Å². The molecule has 7 nitrogen and oxygen atoms in total. The first-order valence-electron chi connectivity index (χ1n) is 8.42. The molecule has 1 aliphatic rings. The summed E-state index contributed by atoms with van der Waals surface area (Å²) in [7, 11) is -5.63. The van der Waals surface area contributed by atoms with Crippen LogP contribution in [0.25, 0.3) is 0 Å². The van der Waals surface area contributed by atoms with E-state index in [4.69, 9.17) is 4.74 Å². The van der Waals surface area contributed by atoms with Crippen LogP contribution < -0.4 is 13.8 Å². The van der Waals surface area contributed by atoms with Gasteiger partial charge in [0.1, 0.15) is 5.75 Å². The van der Waals surface area contributed by atoms with E-state index >= 15 is 0 Å². The topological polar surface area (TPSA) is 92.8 Å². The molecule has 2 aromatic carbocycles. The van der Waals surface area contributed by atoms with Gasteiger partial charge in [-0.3, -0.25) is 9.03 Å². The van der Waals surface area contributed by atoms with Gasteiger partial charge in [0.25, 0.3) is 10.0 Å². The molecule has 0 amide bonds. The number of nitrogens with zero attached hydrogens (tertiary/aromatic N) is 1. The van der Waals surface area contributed by atoms with Gasteiger partial charge in [-0.2, -0.15) is 0 Å². The normalized spacial score (nSPS) is 16.3. The van der Waals surface area contributed by atoms with E-state index in [9.17, 15) is 16.8 Å². The molecular weight excluding hydrogens is 388 g/mol. The number of benzene rings is 2. The molecule has 1 fully saturated rings. The second-order valence-electron chi connectivity index (χ2n) is 6.48. The van der Waals surface area contributed by atoms with Crippen LogP contribution in [0.3, 0.4) is 0 Å². The lowest BCUT2D eigenvalue weighted by Crippen LogP contribution is -2.25. The van der Waals surface area contributed by atoms with Crippen LogP contribution in [0, 0.1) is 13.8 Å². The van der Waals surface area contributed by atoms with E-state index in [1.54, 1.807) is 44.2 Å². The fourth-order valence-electron chi connectivity index (χ4n) is 3.14. The molecule has 0 aromatic heterocycles. The van der Waals surface area contributed by atoms with Gasteiger partial charge in [-0.1, -0.05) is 6.07 Å². The Morgan fingerprint density at radius 3 is 2.48 bits per heavy atom. The van der Waals surface area contributed by atoms with Gasteiger partial charge in [-0.25, -0.2) is 16.8 Å². The van der Waals surface area contributed by atoms with Crippen molar-refractivity contribution in [3.63, 3.8) is 0 Å². The predicted octanol–water partition coefficient (Wildman–Crippen LogP) is 2.65. The number of hydrogen-bond acceptors (Lipinski definition) is 5. The Morgan fingerprint density at radius 1 is 1.11 bits per heavy atom. The Morgan fingerprint density at radius 2 is 1.85 bits per heavy atom. The van der Waals surface area contributed by atoms with Gasteiger partial charge in [-0.15, -0.1) is 0 Å². The molecule has 0 saturated carbocycles. The zero-order chi connectivity index (χ0) is 19.8. The summed E-state index contributed by atoms with van der Waals surface area (Å²) in [6.45, 7) is 3.87. The minimum Gasteiger partial charge on any atom is -0.496 e. The van der Waals surface area contributed by atoms with Crippen molar-refractivity contribution in [3.05, 3.63) is 47.5 Å². The van der Waals surface area contributed by atoms with Gasteiger partial charge >= 0.3 is 0 Å². The van der Waals surface area contributed by atoms with Gasteiger partial charge < -0.3 is 4.74 Å². The summed E-state index contributed by atoms with van der Waals surface area (Å²) in [5.74, 6) is 0.723. The Labute approximate surface area is 160 Å². The van der Waals surface area contributed by atoms with Crippen LogP contribution >= 0.6 is 0 Å². The number of nitrogens with one attached hydrogen (secondary N) is 1. The van der Waals surface area contributed by atoms with Crippen LogP contribution in [-0.2, 0) is 20.0 Å². The van der Waals surface area contributed by atoms with E-state index < -0.39 is 20.0 Å². The molecule has 0 radical (unpaired) electrons. The van der Waals surface area contributed by atoms with Crippen LogP contribution in [0.5, 0.6) is 5.75 Å². The summed E-state index contributed by atoms with van der Waals surface area (Å²) in [5, 5.41) is 0. The molecular formula is C18H22N2O5S2. The quantitative estimate of drug-likeness (QED) is 0.818. The molecule has 1 saturated heterocycles. The molecule has 0 unspecified atom stereocenters. The lowest BCUT2D eigenvalue weighted by molar-refractivity contribution is 0.411. The third-order valence-electron chi connectivity index (χ3n) is 4.47. The van der Waals surface area contributed by atoms with Crippen molar-refractivity contribution in [2.45, 2.75) is 25.2 Å². The van der Waals surface area contributed by atoms with E-state index in [0.717, 1.165) is 0 Å². The highest BCUT2D eigenvalue weighted by Gasteiger charge is 2.28. The molecule has 1 N–H and O–H groups in total. The van der Waals surface area contributed by atoms with Crippen molar-refractivity contribution in [1.29, 1.82) is 0 Å². The number of rotatable bonds is 5. The molecule has 27 heavy (non-hydrogen) atoms. The molecule has 9 heteroatoms. The average molecular weight is 411 g/mol. The molecule has 1 heterocycles. The molecule has 0 spiro atoms. The van der Waals surface area contributed by atoms with Gasteiger partial charge in [0.2, 0.25) is 10.0 Å².